The van der Waals surface area contributed by atoms with Crippen LogP contribution in [0.5, 0.6) is 5.75 Å². The lowest BCUT2D eigenvalue weighted by atomic mass is 9.97. The molecule has 1 saturated heterocycles. The SMILES string of the molecule is NCc1cccc(OCCCN2CCCC(C(N)=O)C2)c1. The Hall–Kier alpha value is -1.59. The second-order valence-electron chi connectivity index (χ2n) is 5.60. The van der Waals surface area contributed by atoms with Gasteiger partial charge in [0.05, 0.1) is 12.5 Å². The van der Waals surface area contributed by atoms with Gasteiger partial charge in [-0.05, 0) is 43.5 Å². The molecule has 0 aromatic heterocycles. The molecule has 1 unspecified atom stereocenters. The highest BCUT2D eigenvalue weighted by atomic mass is 16.5. The van der Waals surface area contributed by atoms with E-state index >= 15 is 0 Å². The number of hydrogen-bond donors (Lipinski definition) is 2. The van der Waals surface area contributed by atoms with Gasteiger partial charge in [0.1, 0.15) is 5.75 Å². The molecule has 116 valence electrons. The second-order valence-corrected chi connectivity index (χ2v) is 5.60. The van der Waals surface area contributed by atoms with E-state index in [0.29, 0.717) is 13.2 Å². The molecule has 1 aliphatic rings. The van der Waals surface area contributed by atoms with Crippen LogP contribution in [0, 0.1) is 5.92 Å². The van der Waals surface area contributed by atoms with Crippen LogP contribution in [0.2, 0.25) is 0 Å². The van der Waals surface area contributed by atoms with E-state index in [1.54, 1.807) is 0 Å². The maximum absolute atomic E-state index is 11.2. The molecule has 0 saturated carbocycles. The quantitative estimate of drug-likeness (QED) is 0.737. The zero-order valence-electron chi connectivity index (χ0n) is 12.5. The zero-order valence-corrected chi connectivity index (χ0v) is 12.5. The van der Waals surface area contributed by atoms with E-state index in [-0.39, 0.29) is 11.8 Å². The van der Waals surface area contributed by atoms with Gasteiger partial charge in [0.15, 0.2) is 0 Å². The van der Waals surface area contributed by atoms with E-state index in [9.17, 15) is 4.79 Å². The minimum Gasteiger partial charge on any atom is -0.494 e. The second kappa shape index (κ2) is 8.00. The van der Waals surface area contributed by atoms with Crippen LogP contribution in [-0.2, 0) is 11.3 Å². The topological polar surface area (TPSA) is 81.6 Å². The summed E-state index contributed by atoms with van der Waals surface area (Å²) >= 11 is 0. The predicted octanol–water partition coefficient (Wildman–Crippen LogP) is 1.11. The van der Waals surface area contributed by atoms with E-state index in [2.05, 4.69) is 4.90 Å². The van der Waals surface area contributed by atoms with Crippen LogP contribution in [-0.4, -0.2) is 37.0 Å². The first-order chi connectivity index (χ1) is 10.2. The number of nitrogens with two attached hydrogens (primary N) is 2. The molecule has 1 aliphatic heterocycles. The van der Waals surface area contributed by atoms with Gasteiger partial charge < -0.3 is 21.1 Å². The molecule has 1 amide bonds. The monoisotopic (exact) mass is 291 g/mol. The van der Waals surface area contributed by atoms with Crippen molar-refractivity contribution in [3.05, 3.63) is 29.8 Å². The maximum atomic E-state index is 11.2. The van der Waals surface area contributed by atoms with Crippen molar-refractivity contribution in [2.75, 3.05) is 26.2 Å². The minimum atomic E-state index is -0.172. The summed E-state index contributed by atoms with van der Waals surface area (Å²) < 4.78 is 5.74. The molecule has 0 bridgehead atoms. The molecule has 1 aromatic carbocycles. The van der Waals surface area contributed by atoms with Crippen LogP contribution in [0.25, 0.3) is 0 Å². The molecule has 4 N–H and O–H groups in total. The summed E-state index contributed by atoms with van der Waals surface area (Å²) in [6, 6.07) is 7.87. The fourth-order valence-corrected chi connectivity index (χ4v) is 2.73. The number of nitrogens with zero attached hydrogens (tertiary/aromatic N) is 1. The van der Waals surface area contributed by atoms with Crippen LogP contribution in [0.15, 0.2) is 24.3 Å². The average molecular weight is 291 g/mol. The fourth-order valence-electron chi connectivity index (χ4n) is 2.73. The number of primary amides is 1. The molecule has 1 aromatic rings. The molecule has 0 radical (unpaired) electrons. The first-order valence-corrected chi connectivity index (χ1v) is 7.62. The van der Waals surface area contributed by atoms with Gasteiger partial charge in [-0.2, -0.15) is 0 Å². The smallest absolute Gasteiger partial charge is 0.221 e. The van der Waals surface area contributed by atoms with Crippen molar-refractivity contribution >= 4 is 5.91 Å². The maximum Gasteiger partial charge on any atom is 0.221 e. The third-order valence-corrected chi connectivity index (χ3v) is 3.93. The van der Waals surface area contributed by atoms with Gasteiger partial charge in [-0.1, -0.05) is 12.1 Å². The third-order valence-electron chi connectivity index (χ3n) is 3.93. The number of rotatable bonds is 7. The minimum absolute atomic E-state index is 0.0147. The highest BCUT2D eigenvalue weighted by Gasteiger charge is 2.23. The Morgan fingerprint density at radius 1 is 1.43 bits per heavy atom. The van der Waals surface area contributed by atoms with Crippen LogP contribution < -0.4 is 16.2 Å². The van der Waals surface area contributed by atoms with Crippen molar-refractivity contribution in [1.29, 1.82) is 0 Å². The summed E-state index contributed by atoms with van der Waals surface area (Å²) in [7, 11) is 0. The van der Waals surface area contributed by atoms with Crippen LogP contribution >= 0.6 is 0 Å². The Kier molecular flexibility index (Phi) is 6.02. The van der Waals surface area contributed by atoms with Crippen molar-refractivity contribution in [3.8, 4) is 5.75 Å². The lowest BCUT2D eigenvalue weighted by Crippen LogP contribution is -2.41. The van der Waals surface area contributed by atoms with Crippen molar-refractivity contribution in [3.63, 3.8) is 0 Å². The van der Waals surface area contributed by atoms with E-state index in [1.807, 2.05) is 24.3 Å². The number of hydrogen-bond acceptors (Lipinski definition) is 4. The van der Waals surface area contributed by atoms with Crippen molar-refractivity contribution in [2.45, 2.75) is 25.8 Å². The Bertz CT molecular complexity index is 465. The number of carbonyl (C=O) groups excluding carboxylic acids is 1. The van der Waals surface area contributed by atoms with Crippen molar-refractivity contribution in [1.82, 2.24) is 4.90 Å². The lowest BCUT2D eigenvalue weighted by Gasteiger charge is -2.30. The summed E-state index contributed by atoms with van der Waals surface area (Å²) in [6.07, 6.45) is 2.92. The van der Waals surface area contributed by atoms with Gasteiger partial charge in [-0.3, -0.25) is 4.79 Å². The molecule has 1 fully saturated rings. The van der Waals surface area contributed by atoms with E-state index < -0.39 is 0 Å². The number of piperidine rings is 1. The summed E-state index contributed by atoms with van der Waals surface area (Å²) in [5.41, 5.74) is 12.1. The standard InChI is InChI=1S/C16H25N3O2/c17-11-13-4-1-6-15(10-13)21-9-3-8-19-7-2-5-14(12-19)16(18)20/h1,4,6,10,14H,2-3,5,7-9,11-12,17H2,(H2,18,20). The summed E-state index contributed by atoms with van der Waals surface area (Å²) in [5, 5.41) is 0. The first kappa shape index (κ1) is 15.8. The van der Waals surface area contributed by atoms with Crippen molar-refractivity contribution in [2.24, 2.45) is 17.4 Å². The van der Waals surface area contributed by atoms with Gasteiger partial charge in [0, 0.05) is 19.6 Å². The number of likely N-dealkylation sites (tertiary alicyclic amines) is 1. The zero-order chi connectivity index (χ0) is 15.1. The molecule has 0 aliphatic carbocycles. The predicted molar refractivity (Wildman–Crippen MR) is 82.8 cm³/mol. The molecule has 5 nitrogen and oxygen atoms in total. The summed E-state index contributed by atoms with van der Waals surface area (Å²) in [6.45, 7) is 3.98. The van der Waals surface area contributed by atoms with Crippen molar-refractivity contribution < 1.29 is 9.53 Å². The number of ether oxygens (including phenoxy) is 1. The normalized spacial score (nSPS) is 19.4. The van der Waals surface area contributed by atoms with Gasteiger partial charge in [0.2, 0.25) is 5.91 Å². The number of carbonyl (C=O) groups is 1. The van der Waals surface area contributed by atoms with Gasteiger partial charge in [0.25, 0.3) is 0 Å². The Morgan fingerprint density at radius 3 is 3.05 bits per heavy atom. The van der Waals surface area contributed by atoms with Gasteiger partial charge in [-0.25, -0.2) is 0 Å². The van der Waals surface area contributed by atoms with Crippen LogP contribution in [0.1, 0.15) is 24.8 Å². The highest BCUT2D eigenvalue weighted by Crippen LogP contribution is 2.16. The number of amides is 1. The Balaban J connectivity index is 1.68. The first-order valence-electron chi connectivity index (χ1n) is 7.62. The molecule has 0 spiro atoms. The Morgan fingerprint density at radius 2 is 2.29 bits per heavy atom. The van der Waals surface area contributed by atoms with E-state index in [0.717, 1.165) is 50.2 Å². The Labute approximate surface area is 126 Å². The van der Waals surface area contributed by atoms with E-state index in [1.165, 1.54) is 0 Å². The summed E-state index contributed by atoms with van der Waals surface area (Å²) in [4.78, 5) is 13.5. The fraction of sp³-hybridized carbons (Fsp3) is 0.562. The molecule has 5 heteroatoms. The molecule has 1 heterocycles. The molecular weight excluding hydrogens is 266 g/mol. The molecular formula is C16H25N3O2. The summed E-state index contributed by atoms with van der Waals surface area (Å²) in [5.74, 6) is 0.710. The number of benzene rings is 1. The average Bonchev–Trinajstić information content (AvgIpc) is 2.52. The lowest BCUT2D eigenvalue weighted by molar-refractivity contribution is -0.123. The van der Waals surface area contributed by atoms with Crippen LogP contribution in [0.3, 0.4) is 0 Å². The largest absolute Gasteiger partial charge is 0.494 e. The third kappa shape index (κ3) is 5.02. The van der Waals surface area contributed by atoms with E-state index in [4.69, 9.17) is 16.2 Å². The van der Waals surface area contributed by atoms with Gasteiger partial charge in [-0.15, -0.1) is 0 Å². The molecule has 2 rings (SSSR count). The van der Waals surface area contributed by atoms with Crippen LogP contribution in [0.4, 0.5) is 0 Å². The molecule has 21 heavy (non-hydrogen) atoms. The highest BCUT2D eigenvalue weighted by molar-refractivity contribution is 5.76. The van der Waals surface area contributed by atoms with Gasteiger partial charge >= 0.3 is 0 Å². The molecule has 1 atom stereocenters.